The van der Waals surface area contributed by atoms with E-state index in [4.69, 9.17) is 18.9 Å². The van der Waals surface area contributed by atoms with E-state index in [1.54, 1.807) is 18.2 Å². The van der Waals surface area contributed by atoms with E-state index in [1.165, 1.54) is 6.20 Å². The average Bonchev–Trinajstić information content (AvgIpc) is 3.24. The fraction of sp³-hybridized carbons (Fsp3) is 0.432. The van der Waals surface area contributed by atoms with Crippen molar-refractivity contribution in [2.24, 2.45) is 11.8 Å². The van der Waals surface area contributed by atoms with Crippen LogP contribution in [0.5, 0.6) is 11.6 Å². The van der Waals surface area contributed by atoms with Gasteiger partial charge in [0.05, 0.1) is 29.6 Å². The third kappa shape index (κ3) is 12.2. The van der Waals surface area contributed by atoms with Crippen molar-refractivity contribution in [1.82, 2.24) is 15.2 Å². The summed E-state index contributed by atoms with van der Waals surface area (Å²) < 4.78 is 23.3. The van der Waals surface area contributed by atoms with Gasteiger partial charge in [-0.15, -0.1) is 0 Å². The van der Waals surface area contributed by atoms with Gasteiger partial charge < -0.3 is 29.2 Å². The van der Waals surface area contributed by atoms with Crippen LogP contribution in [0.25, 0.3) is 0 Å². The Hall–Kier alpha value is -5.17. The Morgan fingerprint density at radius 2 is 1.52 bits per heavy atom. The van der Waals surface area contributed by atoms with Gasteiger partial charge in [0.15, 0.2) is 0 Å². The maximum atomic E-state index is 14.2. The fourth-order valence-electron chi connectivity index (χ4n) is 7.63. The van der Waals surface area contributed by atoms with Crippen molar-refractivity contribution in [2.45, 2.75) is 83.2 Å². The van der Waals surface area contributed by atoms with Crippen molar-refractivity contribution in [1.29, 1.82) is 0 Å². The Morgan fingerprint density at radius 1 is 0.875 bits per heavy atom. The van der Waals surface area contributed by atoms with E-state index in [0.717, 1.165) is 24.0 Å². The first-order valence-corrected chi connectivity index (χ1v) is 19.7. The molecule has 4 aromatic rings. The van der Waals surface area contributed by atoms with Crippen molar-refractivity contribution >= 4 is 17.6 Å². The second kappa shape index (κ2) is 21.2. The number of pyridine rings is 1. The normalized spacial score (nSPS) is 17.8. The van der Waals surface area contributed by atoms with Gasteiger partial charge in [0, 0.05) is 50.9 Å². The number of rotatable bonds is 19. The van der Waals surface area contributed by atoms with Crippen LogP contribution in [0.4, 0.5) is 5.69 Å². The van der Waals surface area contributed by atoms with Crippen molar-refractivity contribution in [3.05, 3.63) is 130 Å². The minimum atomic E-state index is -0.432. The molecule has 1 saturated heterocycles. The smallest absolute Gasteiger partial charge is 0.309 e. The number of aromatic nitrogens is 1. The standard InChI is InChI=1S/C44H52N4O8/c49-43(21-20-40(35-22-25-53-26-23-35)45-29-37-28-42(46-30-41(37)48(51)52)56-39-14-8-3-9-15-39)47(24-27-54-31-33-10-4-1-5-11-33)38-18-16-36(17-19-38)44(50)55-32-34-12-6-2-7-13-34/h1-15,28,30,35-36,38,40,45H,16-27,29,31-32H2/t36?,38?,40-/m0/s1. The summed E-state index contributed by atoms with van der Waals surface area (Å²) in [6, 6.07) is 30.3. The van der Waals surface area contributed by atoms with E-state index in [2.05, 4.69) is 10.3 Å². The molecule has 56 heavy (non-hydrogen) atoms. The molecule has 3 aromatic carbocycles. The number of nitrogens with zero attached hydrogens (tertiary/aromatic N) is 3. The SMILES string of the molecule is O=C(OCc1ccccc1)C1CCC(N(CCOCc2ccccc2)C(=O)CC[C@H](NCc2cc(Oc3ccccc3)ncc2[N+](=O)[O-])C2CCOCC2)CC1. The first-order valence-electron chi connectivity index (χ1n) is 19.7. The molecule has 296 valence electrons. The Morgan fingerprint density at radius 3 is 2.18 bits per heavy atom. The first kappa shape index (κ1) is 40.5. The van der Waals surface area contributed by atoms with Gasteiger partial charge in [-0.3, -0.25) is 19.7 Å². The van der Waals surface area contributed by atoms with Gasteiger partial charge in [-0.1, -0.05) is 78.9 Å². The van der Waals surface area contributed by atoms with Crippen LogP contribution in [0.1, 0.15) is 68.1 Å². The van der Waals surface area contributed by atoms with E-state index in [1.807, 2.05) is 83.8 Å². The van der Waals surface area contributed by atoms with E-state index >= 15 is 0 Å². The van der Waals surface area contributed by atoms with E-state index in [0.29, 0.717) is 82.8 Å². The molecular formula is C44H52N4O8. The molecule has 0 spiro atoms. The lowest BCUT2D eigenvalue weighted by molar-refractivity contribution is -0.386. The second-order valence-corrected chi connectivity index (χ2v) is 14.5. The molecule has 1 atom stereocenters. The van der Waals surface area contributed by atoms with Crippen LogP contribution >= 0.6 is 0 Å². The van der Waals surface area contributed by atoms with E-state index < -0.39 is 4.92 Å². The van der Waals surface area contributed by atoms with Crippen molar-refractivity contribution in [3.8, 4) is 11.6 Å². The molecule has 1 N–H and O–H groups in total. The molecule has 1 aliphatic heterocycles. The van der Waals surface area contributed by atoms with Crippen molar-refractivity contribution < 1.29 is 33.5 Å². The summed E-state index contributed by atoms with van der Waals surface area (Å²) in [5.41, 5.74) is 2.38. The molecule has 6 rings (SSSR count). The number of hydrogen-bond acceptors (Lipinski definition) is 10. The Bertz CT molecular complexity index is 1820. The van der Waals surface area contributed by atoms with Crippen molar-refractivity contribution in [3.63, 3.8) is 0 Å². The van der Waals surface area contributed by atoms with Crippen LogP contribution in [0.3, 0.4) is 0 Å². The zero-order valence-electron chi connectivity index (χ0n) is 31.8. The van der Waals surface area contributed by atoms with Gasteiger partial charge in [-0.05, 0) is 74.1 Å². The molecule has 1 aliphatic carbocycles. The molecule has 12 heteroatoms. The van der Waals surface area contributed by atoms with Gasteiger partial charge in [0.2, 0.25) is 11.8 Å². The van der Waals surface area contributed by atoms with Crippen molar-refractivity contribution in [2.75, 3.05) is 26.4 Å². The molecule has 0 unspecified atom stereocenters. The highest BCUT2D eigenvalue weighted by Crippen LogP contribution is 2.31. The molecule has 12 nitrogen and oxygen atoms in total. The average molecular weight is 765 g/mol. The number of carbonyl (C=O) groups is 2. The third-order valence-corrected chi connectivity index (χ3v) is 10.8. The molecule has 1 amide bonds. The lowest BCUT2D eigenvalue weighted by atomic mass is 9.85. The van der Waals surface area contributed by atoms with Crippen LogP contribution in [0.15, 0.2) is 103 Å². The van der Waals surface area contributed by atoms with Crippen LogP contribution in [0, 0.1) is 22.0 Å². The zero-order chi connectivity index (χ0) is 39.0. The molecule has 1 aromatic heterocycles. The fourth-order valence-corrected chi connectivity index (χ4v) is 7.63. The predicted molar refractivity (Wildman–Crippen MR) is 211 cm³/mol. The molecule has 2 heterocycles. The van der Waals surface area contributed by atoms with Gasteiger partial charge in [-0.25, -0.2) is 4.98 Å². The molecule has 2 aliphatic rings. The third-order valence-electron chi connectivity index (χ3n) is 10.8. The number of nitrogens with one attached hydrogen (secondary N) is 1. The highest BCUT2D eigenvalue weighted by molar-refractivity contribution is 5.77. The maximum absolute atomic E-state index is 14.2. The Kier molecular flexibility index (Phi) is 15.3. The van der Waals surface area contributed by atoms with E-state index in [-0.39, 0.29) is 60.5 Å². The van der Waals surface area contributed by atoms with Crippen LogP contribution < -0.4 is 10.1 Å². The molecular weight excluding hydrogens is 713 g/mol. The first-order chi connectivity index (χ1) is 27.4. The maximum Gasteiger partial charge on any atom is 0.309 e. The summed E-state index contributed by atoms with van der Waals surface area (Å²) in [5.74, 6) is 0.737. The molecule has 2 fully saturated rings. The summed E-state index contributed by atoms with van der Waals surface area (Å²) in [7, 11) is 0. The number of esters is 1. The number of carbonyl (C=O) groups excluding carboxylic acids is 2. The van der Waals surface area contributed by atoms with Crippen LogP contribution in [-0.2, 0) is 43.6 Å². The monoisotopic (exact) mass is 764 g/mol. The number of hydrogen-bond donors (Lipinski definition) is 1. The van der Waals surface area contributed by atoms with Gasteiger partial charge in [0.1, 0.15) is 18.6 Å². The number of amides is 1. The summed E-state index contributed by atoms with van der Waals surface area (Å²) in [6.07, 6.45) is 6.46. The lowest BCUT2D eigenvalue weighted by Gasteiger charge is -2.37. The Labute approximate surface area is 328 Å². The second-order valence-electron chi connectivity index (χ2n) is 14.5. The van der Waals surface area contributed by atoms with Crippen LogP contribution in [0.2, 0.25) is 0 Å². The summed E-state index contributed by atoms with van der Waals surface area (Å²) in [4.78, 5) is 44.9. The van der Waals surface area contributed by atoms with E-state index in [9.17, 15) is 19.7 Å². The summed E-state index contributed by atoms with van der Waals surface area (Å²) in [6.45, 7) is 3.01. The van der Waals surface area contributed by atoms with Gasteiger partial charge in [-0.2, -0.15) is 0 Å². The predicted octanol–water partition coefficient (Wildman–Crippen LogP) is 7.79. The van der Waals surface area contributed by atoms with Gasteiger partial charge >= 0.3 is 5.97 Å². The summed E-state index contributed by atoms with van der Waals surface area (Å²) in [5, 5.41) is 15.6. The molecule has 0 bridgehead atoms. The molecule has 1 saturated carbocycles. The highest BCUT2D eigenvalue weighted by Gasteiger charge is 2.33. The highest BCUT2D eigenvalue weighted by atomic mass is 16.6. The number of nitro groups is 1. The topological polar surface area (TPSA) is 142 Å². The lowest BCUT2D eigenvalue weighted by Crippen LogP contribution is -2.46. The zero-order valence-corrected chi connectivity index (χ0v) is 31.8. The van der Waals surface area contributed by atoms with Crippen LogP contribution in [-0.4, -0.2) is 65.1 Å². The summed E-state index contributed by atoms with van der Waals surface area (Å²) >= 11 is 0. The van der Waals surface area contributed by atoms with Gasteiger partial charge in [0.25, 0.3) is 5.69 Å². The minimum absolute atomic E-state index is 0.0157. The molecule has 0 radical (unpaired) electrons. The quantitative estimate of drug-likeness (QED) is 0.0435. The number of benzene rings is 3. The number of para-hydroxylation sites is 1. The minimum Gasteiger partial charge on any atom is -0.461 e. The number of ether oxygens (including phenoxy) is 4. The Balaban J connectivity index is 1.10. The largest absolute Gasteiger partial charge is 0.461 e.